The molecule has 3 rings (SSSR count). The van der Waals surface area contributed by atoms with Gasteiger partial charge in [0.2, 0.25) is 11.8 Å². The number of amides is 2. The Balaban J connectivity index is 1.56. The zero-order valence-corrected chi connectivity index (χ0v) is 17.9. The molecule has 31 heavy (non-hydrogen) atoms. The molecule has 0 unspecified atom stereocenters. The summed E-state index contributed by atoms with van der Waals surface area (Å²) in [5, 5.41) is 16.1. The van der Waals surface area contributed by atoms with Crippen molar-refractivity contribution in [3.8, 4) is 0 Å². The molecular formula is C21H20ClFN4O3S. The Labute approximate surface area is 187 Å². The Morgan fingerprint density at radius 1 is 1.10 bits per heavy atom. The quantitative estimate of drug-likeness (QED) is 0.424. The number of thioether (sulfide) groups is 1. The van der Waals surface area contributed by atoms with Crippen molar-refractivity contribution >= 4 is 40.9 Å². The first-order valence-electron chi connectivity index (χ1n) is 9.29. The van der Waals surface area contributed by atoms with Gasteiger partial charge in [-0.05, 0) is 42.0 Å². The standard InChI is InChI=1S/C21H20ClFN4O3S/c22-15-3-7-17(8-4-15)26-20(30)13-31-21-25-10-18(12-28)27(21)11-19(29)24-9-14-1-5-16(23)6-2-14/h1-8,10,28H,9,11-13H2,(H,24,29)(H,26,30). The molecule has 10 heteroatoms. The van der Waals surface area contributed by atoms with Gasteiger partial charge in [0.1, 0.15) is 12.4 Å². The number of nitrogens with one attached hydrogen (secondary N) is 2. The number of aromatic nitrogens is 2. The van der Waals surface area contributed by atoms with E-state index in [1.54, 1.807) is 41.0 Å². The van der Waals surface area contributed by atoms with Crippen LogP contribution in [0.5, 0.6) is 0 Å². The van der Waals surface area contributed by atoms with E-state index in [2.05, 4.69) is 15.6 Å². The van der Waals surface area contributed by atoms with Crippen molar-refractivity contribution in [2.45, 2.75) is 24.9 Å². The summed E-state index contributed by atoms with van der Waals surface area (Å²) < 4.78 is 14.5. The van der Waals surface area contributed by atoms with Crippen LogP contribution in [0, 0.1) is 5.82 Å². The molecule has 0 saturated heterocycles. The number of nitrogens with zero attached hydrogens (tertiary/aromatic N) is 2. The third-order valence-corrected chi connectivity index (χ3v) is 5.47. The van der Waals surface area contributed by atoms with Crippen LogP contribution in [-0.4, -0.2) is 32.2 Å². The molecule has 0 atom stereocenters. The lowest BCUT2D eigenvalue weighted by Crippen LogP contribution is -2.28. The highest BCUT2D eigenvalue weighted by molar-refractivity contribution is 7.99. The molecule has 3 N–H and O–H groups in total. The van der Waals surface area contributed by atoms with Gasteiger partial charge in [0, 0.05) is 17.3 Å². The summed E-state index contributed by atoms with van der Waals surface area (Å²) in [5.41, 5.74) is 1.84. The van der Waals surface area contributed by atoms with E-state index in [1.165, 1.54) is 18.3 Å². The molecule has 2 aromatic carbocycles. The Morgan fingerprint density at radius 3 is 2.48 bits per heavy atom. The van der Waals surface area contributed by atoms with Crippen molar-refractivity contribution < 1.29 is 19.1 Å². The van der Waals surface area contributed by atoms with Gasteiger partial charge in [-0.1, -0.05) is 35.5 Å². The maximum atomic E-state index is 13.0. The second-order valence-electron chi connectivity index (χ2n) is 6.52. The van der Waals surface area contributed by atoms with Gasteiger partial charge in [-0.2, -0.15) is 0 Å². The summed E-state index contributed by atoms with van der Waals surface area (Å²) in [6, 6.07) is 12.6. The zero-order valence-electron chi connectivity index (χ0n) is 16.3. The fourth-order valence-electron chi connectivity index (χ4n) is 2.67. The lowest BCUT2D eigenvalue weighted by Gasteiger charge is -2.11. The molecule has 1 heterocycles. The van der Waals surface area contributed by atoms with Crippen LogP contribution in [0.4, 0.5) is 10.1 Å². The predicted molar refractivity (Wildman–Crippen MR) is 117 cm³/mol. The number of aliphatic hydroxyl groups is 1. The summed E-state index contributed by atoms with van der Waals surface area (Å²) in [7, 11) is 0. The van der Waals surface area contributed by atoms with Gasteiger partial charge in [0.25, 0.3) is 0 Å². The second kappa shape index (κ2) is 10.9. The molecule has 1 aromatic heterocycles. The predicted octanol–water partition coefficient (Wildman–Crippen LogP) is 3.22. The fraction of sp³-hybridized carbons (Fsp3) is 0.190. The fourth-order valence-corrected chi connectivity index (χ4v) is 3.59. The largest absolute Gasteiger partial charge is 0.390 e. The third kappa shape index (κ3) is 6.81. The van der Waals surface area contributed by atoms with Crippen molar-refractivity contribution in [1.82, 2.24) is 14.9 Å². The summed E-state index contributed by atoms with van der Waals surface area (Å²) in [6.07, 6.45) is 1.46. The summed E-state index contributed by atoms with van der Waals surface area (Å²) >= 11 is 6.98. The summed E-state index contributed by atoms with van der Waals surface area (Å²) in [5.74, 6) is -0.817. The smallest absolute Gasteiger partial charge is 0.240 e. The molecule has 0 aliphatic carbocycles. The normalized spacial score (nSPS) is 10.7. The molecule has 2 amide bonds. The number of aliphatic hydroxyl groups excluding tert-OH is 1. The molecule has 0 aliphatic rings. The van der Waals surface area contributed by atoms with Crippen molar-refractivity contribution in [2.75, 3.05) is 11.1 Å². The molecular weight excluding hydrogens is 443 g/mol. The average Bonchev–Trinajstić information content (AvgIpc) is 3.15. The molecule has 0 spiro atoms. The minimum atomic E-state index is -0.345. The van der Waals surface area contributed by atoms with Crippen LogP contribution in [0.25, 0.3) is 0 Å². The number of hydrogen-bond donors (Lipinski definition) is 3. The van der Waals surface area contributed by atoms with Gasteiger partial charge in [-0.15, -0.1) is 0 Å². The molecule has 0 radical (unpaired) electrons. The molecule has 0 fully saturated rings. The number of rotatable bonds is 9. The maximum Gasteiger partial charge on any atom is 0.240 e. The first-order valence-corrected chi connectivity index (χ1v) is 10.7. The van der Waals surface area contributed by atoms with E-state index in [4.69, 9.17) is 11.6 Å². The SMILES string of the molecule is O=C(Cn1c(CO)cnc1SCC(=O)Nc1ccc(Cl)cc1)NCc1ccc(F)cc1. The third-order valence-electron chi connectivity index (χ3n) is 4.23. The highest BCUT2D eigenvalue weighted by atomic mass is 35.5. The van der Waals surface area contributed by atoms with Crippen molar-refractivity contribution in [3.05, 3.63) is 76.8 Å². The van der Waals surface area contributed by atoms with Crippen molar-refractivity contribution in [3.63, 3.8) is 0 Å². The summed E-state index contributed by atoms with van der Waals surface area (Å²) in [4.78, 5) is 28.8. The Hall–Kier alpha value is -2.88. The monoisotopic (exact) mass is 462 g/mol. The highest BCUT2D eigenvalue weighted by Gasteiger charge is 2.15. The number of imidazole rings is 1. The van der Waals surface area contributed by atoms with E-state index >= 15 is 0 Å². The van der Waals surface area contributed by atoms with Crippen LogP contribution in [0.1, 0.15) is 11.3 Å². The summed E-state index contributed by atoms with van der Waals surface area (Å²) in [6.45, 7) is -0.123. The maximum absolute atomic E-state index is 13.0. The van der Waals surface area contributed by atoms with Gasteiger partial charge in [0.05, 0.1) is 24.3 Å². The second-order valence-corrected chi connectivity index (χ2v) is 7.90. The van der Waals surface area contributed by atoms with E-state index in [-0.39, 0.29) is 43.1 Å². The lowest BCUT2D eigenvalue weighted by atomic mass is 10.2. The topological polar surface area (TPSA) is 96.2 Å². The Bertz CT molecular complexity index is 1040. The van der Waals surface area contributed by atoms with Crippen molar-refractivity contribution in [2.24, 2.45) is 0 Å². The van der Waals surface area contributed by atoms with Crippen LogP contribution >= 0.6 is 23.4 Å². The van der Waals surface area contributed by atoms with Crippen LogP contribution < -0.4 is 10.6 Å². The van der Waals surface area contributed by atoms with Crippen LogP contribution in [0.3, 0.4) is 0 Å². The Morgan fingerprint density at radius 2 is 1.81 bits per heavy atom. The van der Waals surface area contributed by atoms with E-state index < -0.39 is 0 Å². The van der Waals surface area contributed by atoms with Gasteiger partial charge < -0.3 is 20.3 Å². The first kappa shape index (κ1) is 22.8. The Kier molecular flexibility index (Phi) is 8.05. The number of carbonyl (C=O) groups excluding carboxylic acids is 2. The average molecular weight is 463 g/mol. The van der Waals surface area contributed by atoms with Gasteiger partial charge in [-0.3, -0.25) is 9.59 Å². The first-order chi connectivity index (χ1) is 14.9. The lowest BCUT2D eigenvalue weighted by molar-refractivity contribution is -0.122. The molecule has 162 valence electrons. The van der Waals surface area contributed by atoms with Gasteiger partial charge in [0.15, 0.2) is 5.16 Å². The van der Waals surface area contributed by atoms with E-state index in [0.29, 0.717) is 21.6 Å². The van der Waals surface area contributed by atoms with Crippen molar-refractivity contribution in [1.29, 1.82) is 0 Å². The van der Waals surface area contributed by atoms with Crippen LogP contribution in [0.2, 0.25) is 5.02 Å². The number of carbonyl (C=O) groups is 2. The number of halogens is 2. The molecule has 0 aliphatic heterocycles. The zero-order chi connectivity index (χ0) is 22.2. The minimum Gasteiger partial charge on any atom is -0.390 e. The van der Waals surface area contributed by atoms with E-state index in [9.17, 15) is 19.1 Å². The van der Waals surface area contributed by atoms with Gasteiger partial charge >= 0.3 is 0 Å². The number of benzene rings is 2. The minimum absolute atomic E-state index is 0.0711. The molecule has 0 saturated carbocycles. The van der Waals surface area contributed by atoms with Gasteiger partial charge in [-0.25, -0.2) is 9.37 Å². The molecule has 0 bridgehead atoms. The molecule has 7 nitrogen and oxygen atoms in total. The van der Waals surface area contributed by atoms with E-state index in [1.807, 2.05) is 0 Å². The van der Waals surface area contributed by atoms with Crippen LogP contribution in [-0.2, 0) is 29.3 Å². The number of anilines is 1. The highest BCUT2D eigenvalue weighted by Crippen LogP contribution is 2.20. The molecule has 3 aromatic rings. The van der Waals surface area contributed by atoms with E-state index in [0.717, 1.165) is 17.3 Å². The number of hydrogen-bond acceptors (Lipinski definition) is 5. The van der Waals surface area contributed by atoms with Crippen LogP contribution in [0.15, 0.2) is 59.9 Å².